The largest absolute Gasteiger partial charge is 0.491 e. The minimum atomic E-state index is -1.13. The molecule has 2 fully saturated rings. The quantitative estimate of drug-likeness (QED) is 0.484. The van der Waals surface area contributed by atoms with Crippen LogP contribution in [0.2, 0.25) is 0 Å². The van der Waals surface area contributed by atoms with Gasteiger partial charge in [-0.05, 0) is 56.5 Å². The van der Waals surface area contributed by atoms with Crippen LogP contribution in [0.3, 0.4) is 0 Å². The van der Waals surface area contributed by atoms with Crippen LogP contribution in [0, 0.1) is 0 Å². The molecule has 4 atom stereocenters. The number of benzene rings is 2. The molecule has 0 saturated carbocycles. The second kappa shape index (κ2) is 13.8. The summed E-state index contributed by atoms with van der Waals surface area (Å²) in [5, 5.41) is 8.65. The van der Waals surface area contributed by atoms with E-state index in [1.165, 1.54) is 0 Å². The summed E-state index contributed by atoms with van der Waals surface area (Å²) in [4.78, 5) is 58.4. The van der Waals surface area contributed by atoms with Crippen molar-refractivity contribution in [2.75, 3.05) is 32.8 Å². The van der Waals surface area contributed by atoms with E-state index in [0.717, 1.165) is 44.3 Å². The van der Waals surface area contributed by atoms with E-state index in [0.29, 0.717) is 25.3 Å². The number of carbonyl (C=O) groups excluding carboxylic acids is 4. The van der Waals surface area contributed by atoms with E-state index in [-0.39, 0.29) is 36.6 Å². The van der Waals surface area contributed by atoms with E-state index in [1.807, 2.05) is 30.3 Å². The molecule has 3 heterocycles. The second-order valence-electron chi connectivity index (χ2n) is 11.3. The van der Waals surface area contributed by atoms with Crippen molar-refractivity contribution in [3.8, 4) is 5.75 Å². The fourth-order valence-corrected chi connectivity index (χ4v) is 6.28. The number of likely N-dealkylation sites (N-methyl/N-ethyl adjacent to an activating group) is 1. The van der Waals surface area contributed by atoms with Gasteiger partial charge in [-0.1, -0.05) is 49.4 Å². The molecule has 3 N–H and O–H groups in total. The lowest BCUT2D eigenvalue weighted by Gasteiger charge is -2.30. The van der Waals surface area contributed by atoms with Crippen molar-refractivity contribution in [2.45, 2.75) is 69.6 Å². The van der Waals surface area contributed by atoms with Crippen LogP contribution in [0.4, 0.5) is 0 Å². The van der Waals surface area contributed by atoms with E-state index in [4.69, 9.17) is 4.74 Å². The maximum atomic E-state index is 13.9. The van der Waals surface area contributed by atoms with Crippen molar-refractivity contribution < 1.29 is 23.9 Å². The van der Waals surface area contributed by atoms with Gasteiger partial charge >= 0.3 is 0 Å². The van der Waals surface area contributed by atoms with Crippen LogP contribution in [0.5, 0.6) is 5.75 Å². The van der Waals surface area contributed by atoms with Gasteiger partial charge in [-0.3, -0.25) is 24.1 Å². The monoisotopic (exact) mass is 575 g/mol. The van der Waals surface area contributed by atoms with Gasteiger partial charge in [-0.15, -0.1) is 0 Å². The molecule has 2 saturated heterocycles. The Hall–Kier alpha value is -3.92. The van der Waals surface area contributed by atoms with Crippen molar-refractivity contribution in [3.05, 3.63) is 65.7 Å². The molecular formula is C32H41N5O5. The highest BCUT2D eigenvalue weighted by Gasteiger charge is 2.36. The Morgan fingerprint density at radius 2 is 1.74 bits per heavy atom. The van der Waals surface area contributed by atoms with Crippen LogP contribution in [0.1, 0.15) is 54.9 Å². The van der Waals surface area contributed by atoms with Crippen LogP contribution in [0.15, 0.2) is 54.6 Å². The summed E-state index contributed by atoms with van der Waals surface area (Å²) in [7, 11) is 0. The van der Waals surface area contributed by atoms with E-state index in [1.54, 1.807) is 29.2 Å². The van der Waals surface area contributed by atoms with Gasteiger partial charge < -0.3 is 25.6 Å². The van der Waals surface area contributed by atoms with Gasteiger partial charge in [0.1, 0.15) is 24.4 Å². The minimum Gasteiger partial charge on any atom is -0.491 e. The molecule has 3 aliphatic rings. The number of likely N-dealkylation sites (tertiary alicyclic amines) is 1. The summed E-state index contributed by atoms with van der Waals surface area (Å²) >= 11 is 0. The molecule has 2 aromatic rings. The fraction of sp³-hybridized carbons (Fsp3) is 0.500. The molecule has 224 valence electrons. The smallest absolute Gasteiger partial charge is 0.255 e. The van der Waals surface area contributed by atoms with Crippen LogP contribution in [0.25, 0.3) is 0 Å². The van der Waals surface area contributed by atoms with Gasteiger partial charge in [0.15, 0.2) is 0 Å². The SMILES string of the molecule is CCN1CCC[C@H]1CNC(=O)[C@@H]1CC(=O)N[C@@H](Cc2ccccc2)C(=O)N2CCC[C@@H]2COc2ccccc2C(=O)N1. The van der Waals surface area contributed by atoms with Gasteiger partial charge in [0.05, 0.1) is 18.0 Å². The summed E-state index contributed by atoms with van der Waals surface area (Å²) < 4.78 is 6.13. The Balaban J connectivity index is 1.41. The van der Waals surface area contributed by atoms with Gasteiger partial charge in [-0.25, -0.2) is 0 Å². The molecule has 10 nitrogen and oxygen atoms in total. The van der Waals surface area contributed by atoms with Crippen LogP contribution in [-0.4, -0.2) is 90.4 Å². The number of hydrogen-bond acceptors (Lipinski definition) is 6. The van der Waals surface area contributed by atoms with Crippen LogP contribution in [-0.2, 0) is 20.8 Å². The molecule has 10 heteroatoms. The average molecular weight is 576 g/mol. The molecule has 4 amide bonds. The Bertz CT molecular complexity index is 1270. The van der Waals surface area contributed by atoms with E-state index >= 15 is 0 Å². The van der Waals surface area contributed by atoms with Gasteiger partial charge in [0, 0.05) is 25.6 Å². The molecule has 0 aliphatic carbocycles. The summed E-state index contributed by atoms with van der Waals surface area (Å²) in [6.07, 6.45) is 3.66. The molecule has 5 rings (SSSR count). The summed E-state index contributed by atoms with van der Waals surface area (Å²) in [6, 6.07) is 14.5. The number of carbonyl (C=O) groups is 4. The fourth-order valence-electron chi connectivity index (χ4n) is 6.28. The predicted molar refractivity (Wildman–Crippen MR) is 158 cm³/mol. The zero-order chi connectivity index (χ0) is 29.5. The Morgan fingerprint density at radius 1 is 0.976 bits per heavy atom. The van der Waals surface area contributed by atoms with Crippen molar-refractivity contribution in [1.29, 1.82) is 0 Å². The lowest BCUT2D eigenvalue weighted by Crippen LogP contribution is -2.55. The molecule has 42 heavy (non-hydrogen) atoms. The number of ether oxygens (including phenoxy) is 1. The van der Waals surface area contributed by atoms with E-state index in [9.17, 15) is 19.2 Å². The topological polar surface area (TPSA) is 120 Å². The second-order valence-corrected chi connectivity index (χ2v) is 11.3. The van der Waals surface area contributed by atoms with Crippen LogP contribution < -0.4 is 20.7 Å². The van der Waals surface area contributed by atoms with Crippen molar-refractivity contribution >= 4 is 23.6 Å². The van der Waals surface area contributed by atoms with Gasteiger partial charge in [-0.2, -0.15) is 0 Å². The number of fused-ring (bicyclic) bond motifs is 2. The first-order valence-electron chi connectivity index (χ1n) is 15.1. The third kappa shape index (κ3) is 7.10. The minimum absolute atomic E-state index is 0.172. The normalized spacial score (nSPS) is 25.5. The molecule has 3 aliphatic heterocycles. The lowest BCUT2D eigenvalue weighted by atomic mass is 10.0. The first-order chi connectivity index (χ1) is 20.4. The third-order valence-corrected chi connectivity index (χ3v) is 8.57. The number of nitrogens with one attached hydrogen (secondary N) is 3. The molecule has 0 bridgehead atoms. The highest BCUT2D eigenvalue weighted by atomic mass is 16.5. The Kier molecular flexibility index (Phi) is 9.74. The molecule has 0 aromatic heterocycles. The summed E-state index contributed by atoms with van der Waals surface area (Å²) in [5.41, 5.74) is 1.19. The molecular weight excluding hydrogens is 534 g/mol. The first kappa shape index (κ1) is 29.6. The standard InChI is InChI=1S/C32H41N5O5/c1-2-36-16-8-12-23(36)20-33-31(40)26-19-29(38)34-27(18-22-10-4-3-5-11-22)32(41)37-17-9-13-24(37)21-42-28-15-7-6-14-25(28)30(39)35-26/h3-7,10-11,14-15,23-24,26-27H,2,8-9,12-13,16-21H2,1H3,(H,33,40)(H,34,38)(H,35,39)/t23-,24+,26-,27-/m0/s1. The maximum absolute atomic E-state index is 13.9. The number of amides is 4. The summed E-state index contributed by atoms with van der Waals surface area (Å²) in [5.74, 6) is -1.20. The zero-order valence-electron chi connectivity index (χ0n) is 24.2. The number of para-hydroxylation sites is 1. The first-order valence-corrected chi connectivity index (χ1v) is 15.1. The third-order valence-electron chi connectivity index (χ3n) is 8.57. The molecule has 2 aromatic carbocycles. The number of nitrogens with zero attached hydrogens (tertiary/aromatic N) is 2. The highest BCUT2D eigenvalue weighted by molar-refractivity contribution is 6.01. The molecule has 0 spiro atoms. The Labute approximate surface area is 247 Å². The average Bonchev–Trinajstić information content (AvgIpc) is 3.67. The number of rotatable bonds is 6. The highest BCUT2D eigenvalue weighted by Crippen LogP contribution is 2.24. The molecule has 0 radical (unpaired) electrons. The molecule has 0 unspecified atom stereocenters. The van der Waals surface area contributed by atoms with E-state index < -0.39 is 29.8 Å². The number of hydrogen-bond donors (Lipinski definition) is 3. The van der Waals surface area contributed by atoms with Gasteiger partial charge in [0.2, 0.25) is 17.7 Å². The predicted octanol–water partition coefficient (Wildman–Crippen LogP) is 1.89. The van der Waals surface area contributed by atoms with E-state index in [2.05, 4.69) is 27.8 Å². The van der Waals surface area contributed by atoms with Crippen LogP contribution >= 0.6 is 0 Å². The zero-order valence-corrected chi connectivity index (χ0v) is 24.2. The Morgan fingerprint density at radius 3 is 2.55 bits per heavy atom. The van der Waals surface area contributed by atoms with Crippen molar-refractivity contribution in [3.63, 3.8) is 0 Å². The maximum Gasteiger partial charge on any atom is 0.255 e. The summed E-state index contributed by atoms with van der Waals surface area (Å²) in [6.45, 7) is 5.21. The van der Waals surface area contributed by atoms with Crippen molar-refractivity contribution in [2.24, 2.45) is 0 Å². The lowest BCUT2D eigenvalue weighted by molar-refractivity contribution is -0.138. The van der Waals surface area contributed by atoms with Crippen molar-refractivity contribution in [1.82, 2.24) is 25.8 Å². The van der Waals surface area contributed by atoms with Gasteiger partial charge in [0.25, 0.3) is 5.91 Å².